The average molecular weight is 700 g/mol. The summed E-state index contributed by atoms with van der Waals surface area (Å²) < 4.78 is 0. The van der Waals surface area contributed by atoms with Crippen LogP contribution in [0.2, 0.25) is 0 Å². The molecule has 0 spiro atoms. The summed E-state index contributed by atoms with van der Waals surface area (Å²) in [7, 11) is 0. The number of hydrogen-bond donors (Lipinski definition) is 0. The molecule has 1 heteroatoms. The van der Waals surface area contributed by atoms with Gasteiger partial charge in [0.1, 0.15) is 0 Å². The van der Waals surface area contributed by atoms with Crippen molar-refractivity contribution in [3.63, 3.8) is 0 Å². The van der Waals surface area contributed by atoms with E-state index in [1.807, 2.05) is 0 Å². The first-order valence-electron chi connectivity index (χ1n) is 18.9. The topological polar surface area (TPSA) is 3.24 Å². The number of nitrogens with zero attached hydrogens (tertiary/aromatic N) is 1. The zero-order chi connectivity index (χ0) is 36.6. The van der Waals surface area contributed by atoms with Crippen molar-refractivity contribution in [2.45, 2.75) is 0 Å². The molecule has 0 saturated carbocycles. The van der Waals surface area contributed by atoms with Gasteiger partial charge in [0.05, 0.1) is 0 Å². The van der Waals surface area contributed by atoms with E-state index in [1.165, 1.54) is 76.8 Å². The van der Waals surface area contributed by atoms with E-state index in [9.17, 15) is 0 Å². The van der Waals surface area contributed by atoms with Crippen LogP contribution in [-0.2, 0) is 0 Å². The van der Waals surface area contributed by atoms with E-state index >= 15 is 0 Å². The summed E-state index contributed by atoms with van der Waals surface area (Å²) in [4.78, 5) is 2.40. The van der Waals surface area contributed by atoms with E-state index in [2.05, 4.69) is 229 Å². The first kappa shape index (κ1) is 32.4. The Balaban J connectivity index is 1.11. The van der Waals surface area contributed by atoms with E-state index in [0.29, 0.717) is 0 Å². The molecule has 10 aromatic carbocycles. The Morgan fingerprint density at radius 2 is 0.745 bits per heavy atom. The fraction of sp³-hybridized carbons (Fsp3) is 0. The average Bonchev–Trinajstić information content (AvgIpc) is 3.27. The van der Waals surface area contributed by atoms with Crippen molar-refractivity contribution in [2.24, 2.45) is 0 Å². The summed E-state index contributed by atoms with van der Waals surface area (Å²) in [6, 6.07) is 81.5. The van der Waals surface area contributed by atoms with Gasteiger partial charge in [-0.05, 0) is 119 Å². The van der Waals surface area contributed by atoms with Crippen molar-refractivity contribution in [1.29, 1.82) is 0 Å². The Hall–Kier alpha value is -7.22. The zero-order valence-corrected chi connectivity index (χ0v) is 30.3. The van der Waals surface area contributed by atoms with Gasteiger partial charge in [-0.15, -0.1) is 0 Å². The largest absolute Gasteiger partial charge is 0.310 e. The Morgan fingerprint density at radius 1 is 0.218 bits per heavy atom. The van der Waals surface area contributed by atoms with Crippen molar-refractivity contribution in [1.82, 2.24) is 0 Å². The van der Waals surface area contributed by atoms with Crippen molar-refractivity contribution in [3.05, 3.63) is 224 Å². The van der Waals surface area contributed by atoms with Gasteiger partial charge in [0.25, 0.3) is 0 Å². The maximum atomic E-state index is 2.40. The van der Waals surface area contributed by atoms with Crippen molar-refractivity contribution in [2.75, 3.05) is 4.90 Å². The summed E-state index contributed by atoms with van der Waals surface area (Å²) in [5, 5.41) is 7.48. The van der Waals surface area contributed by atoms with E-state index in [1.54, 1.807) is 0 Å². The SMILES string of the molecule is c1ccc(-c2ccc(-c3ccc(N(c4cccc(-c5cccc6ccccc56)c4)c4ccc5ccc6ccccc6c5c4)cc3)cc2-c2ccccc2)cc1. The van der Waals surface area contributed by atoms with Crippen LogP contribution in [-0.4, -0.2) is 0 Å². The number of benzene rings is 10. The third-order valence-electron chi connectivity index (χ3n) is 10.8. The molecule has 0 aliphatic rings. The van der Waals surface area contributed by atoms with Crippen LogP contribution in [0.25, 0.3) is 76.8 Å². The lowest BCUT2D eigenvalue weighted by atomic mass is 9.91. The number of rotatable bonds is 7. The summed E-state index contributed by atoms with van der Waals surface area (Å²) in [5.74, 6) is 0. The molecule has 0 heterocycles. The molecule has 0 saturated heterocycles. The molecule has 0 aliphatic heterocycles. The van der Waals surface area contributed by atoms with Crippen molar-refractivity contribution in [3.8, 4) is 44.5 Å². The van der Waals surface area contributed by atoms with Gasteiger partial charge < -0.3 is 4.90 Å². The molecule has 0 atom stereocenters. The molecular formula is C54H37N. The van der Waals surface area contributed by atoms with Crippen LogP contribution in [0.3, 0.4) is 0 Å². The van der Waals surface area contributed by atoms with E-state index in [0.717, 1.165) is 17.1 Å². The quantitative estimate of drug-likeness (QED) is 0.150. The lowest BCUT2D eigenvalue weighted by molar-refractivity contribution is 1.29. The lowest BCUT2D eigenvalue weighted by Crippen LogP contribution is -2.10. The molecule has 10 rings (SSSR count). The normalized spacial score (nSPS) is 11.3. The fourth-order valence-corrected chi connectivity index (χ4v) is 8.12. The van der Waals surface area contributed by atoms with Crippen LogP contribution < -0.4 is 4.90 Å². The molecule has 0 unspecified atom stereocenters. The smallest absolute Gasteiger partial charge is 0.0468 e. The number of fused-ring (bicyclic) bond motifs is 4. The Kier molecular flexibility index (Phi) is 8.24. The Morgan fingerprint density at radius 3 is 1.51 bits per heavy atom. The molecule has 0 amide bonds. The molecule has 0 N–H and O–H groups in total. The highest BCUT2D eigenvalue weighted by Crippen LogP contribution is 2.41. The first-order chi connectivity index (χ1) is 27.3. The highest BCUT2D eigenvalue weighted by molar-refractivity contribution is 6.09. The van der Waals surface area contributed by atoms with Gasteiger partial charge in [-0.3, -0.25) is 0 Å². The maximum Gasteiger partial charge on any atom is 0.0468 e. The number of anilines is 3. The highest BCUT2D eigenvalue weighted by atomic mass is 15.1. The lowest BCUT2D eigenvalue weighted by Gasteiger charge is -2.27. The Bertz CT molecular complexity index is 2960. The predicted molar refractivity (Wildman–Crippen MR) is 235 cm³/mol. The molecular weight excluding hydrogens is 663 g/mol. The van der Waals surface area contributed by atoms with E-state index < -0.39 is 0 Å². The van der Waals surface area contributed by atoms with Crippen molar-refractivity contribution >= 4 is 49.4 Å². The van der Waals surface area contributed by atoms with Gasteiger partial charge in [-0.2, -0.15) is 0 Å². The van der Waals surface area contributed by atoms with Crippen molar-refractivity contribution < 1.29 is 0 Å². The highest BCUT2D eigenvalue weighted by Gasteiger charge is 2.17. The summed E-state index contributed by atoms with van der Waals surface area (Å²) in [6.07, 6.45) is 0. The summed E-state index contributed by atoms with van der Waals surface area (Å²) >= 11 is 0. The van der Waals surface area contributed by atoms with Gasteiger partial charge in [0.2, 0.25) is 0 Å². The predicted octanol–water partition coefficient (Wildman–Crippen LogP) is 15.3. The second-order valence-electron chi connectivity index (χ2n) is 14.1. The van der Waals surface area contributed by atoms with Crippen LogP contribution in [0.15, 0.2) is 224 Å². The summed E-state index contributed by atoms with van der Waals surface area (Å²) in [6.45, 7) is 0. The first-order valence-corrected chi connectivity index (χ1v) is 18.9. The van der Waals surface area contributed by atoms with Gasteiger partial charge in [-0.25, -0.2) is 0 Å². The van der Waals surface area contributed by atoms with Crippen LogP contribution >= 0.6 is 0 Å². The third kappa shape index (κ3) is 6.12. The van der Waals surface area contributed by atoms with Crippen LogP contribution in [0.5, 0.6) is 0 Å². The van der Waals surface area contributed by atoms with Crippen LogP contribution in [0.4, 0.5) is 17.1 Å². The van der Waals surface area contributed by atoms with Gasteiger partial charge in [-0.1, -0.05) is 182 Å². The van der Waals surface area contributed by atoms with Gasteiger partial charge in [0, 0.05) is 17.1 Å². The third-order valence-corrected chi connectivity index (χ3v) is 10.8. The molecule has 0 aliphatic carbocycles. The van der Waals surface area contributed by atoms with Crippen LogP contribution in [0.1, 0.15) is 0 Å². The Labute approximate surface area is 322 Å². The molecule has 0 fully saturated rings. The fourth-order valence-electron chi connectivity index (χ4n) is 8.12. The molecule has 258 valence electrons. The number of hydrogen-bond acceptors (Lipinski definition) is 1. The molecule has 0 bridgehead atoms. The second-order valence-corrected chi connectivity index (χ2v) is 14.1. The molecule has 0 radical (unpaired) electrons. The standard InChI is InChI=1S/C54H37N/c1-3-13-39(14-4-1)52-34-30-44(36-53(52)41-15-5-2-6-16-41)38-27-31-46(32-28-38)55(48-33-29-43-26-25-42-18-8-10-23-50(42)54(43)37-48)47-21-11-20-45(35-47)51-24-12-19-40-17-7-9-22-49(40)51/h1-37H. The monoisotopic (exact) mass is 699 g/mol. The van der Waals surface area contributed by atoms with Gasteiger partial charge in [0.15, 0.2) is 0 Å². The maximum absolute atomic E-state index is 2.40. The minimum Gasteiger partial charge on any atom is -0.310 e. The molecule has 1 nitrogen and oxygen atoms in total. The van der Waals surface area contributed by atoms with E-state index in [-0.39, 0.29) is 0 Å². The second kappa shape index (κ2) is 14.0. The molecule has 55 heavy (non-hydrogen) atoms. The molecule has 10 aromatic rings. The van der Waals surface area contributed by atoms with Gasteiger partial charge >= 0.3 is 0 Å². The minimum atomic E-state index is 1.10. The van der Waals surface area contributed by atoms with Crippen LogP contribution in [0, 0.1) is 0 Å². The summed E-state index contributed by atoms with van der Waals surface area (Å²) in [5.41, 5.74) is 13.0. The molecule has 0 aromatic heterocycles. The minimum absolute atomic E-state index is 1.10. The zero-order valence-electron chi connectivity index (χ0n) is 30.3. The van der Waals surface area contributed by atoms with E-state index in [4.69, 9.17) is 0 Å².